The van der Waals surface area contributed by atoms with Crippen LogP contribution in [0.5, 0.6) is 5.75 Å². The van der Waals surface area contributed by atoms with E-state index in [2.05, 4.69) is 15.1 Å². The minimum Gasteiger partial charge on any atom is -0.489 e. The van der Waals surface area contributed by atoms with Crippen molar-refractivity contribution in [3.63, 3.8) is 0 Å². The largest absolute Gasteiger partial charge is 0.489 e. The highest BCUT2D eigenvalue weighted by atomic mass is 35.5. The number of aliphatic hydroxyl groups is 1. The van der Waals surface area contributed by atoms with Crippen molar-refractivity contribution >= 4 is 40.6 Å². The molecule has 3 aromatic heterocycles. The first-order chi connectivity index (χ1) is 17.8. The molecule has 0 unspecified atom stereocenters. The number of ether oxygens (including phenoxy) is 1. The van der Waals surface area contributed by atoms with Gasteiger partial charge in [0.2, 0.25) is 0 Å². The van der Waals surface area contributed by atoms with E-state index in [-0.39, 0.29) is 31.4 Å². The molecule has 1 aliphatic heterocycles. The maximum atomic E-state index is 14.1. The topological polar surface area (TPSA) is 84.5 Å². The van der Waals surface area contributed by atoms with E-state index < -0.39 is 11.4 Å². The predicted octanol–water partition coefficient (Wildman–Crippen LogP) is 6.40. The van der Waals surface area contributed by atoms with Gasteiger partial charge in [-0.05, 0) is 37.1 Å². The minimum atomic E-state index is -1.23. The van der Waals surface area contributed by atoms with Gasteiger partial charge in [0.1, 0.15) is 29.4 Å². The van der Waals surface area contributed by atoms with Crippen LogP contribution in [0.15, 0.2) is 53.4 Å². The quantitative estimate of drug-likeness (QED) is 0.280. The maximum absolute atomic E-state index is 14.1. The summed E-state index contributed by atoms with van der Waals surface area (Å²) in [7, 11) is 0. The standard InChI is InChI=1S/C26H20Cl3FN4O3/c27-18-8-15(5-6-17(18)26(35)12-34(13-26)25-21(30)2-1-7-32-25)36-11-16-23(33-37-24(16)14-3-4-14)22-19(28)9-31-10-20(22)29/h1-2,5-10,14,35H,3-4,11-13H2. The van der Waals surface area contributed by atoms with Crippen molar-refractivity contribution in [2.75, 3.05) is 18.0 Å². The first-order valence-corrected chi connectivity index (χ1v) is 12.8. The molecule has 1 aromatic carbocycles. The highest BCUT2D eigenvalue weighted by Crippen LogP contribution is 2.46. The first kappa shape index (κ1) is 24.4. The van der Waals surface area contributed by atoms with Gasteiger partial charge in [0, 0.05) is 35.6 Å². The molecule has 4 heterocycles. The second kappa shape index (κ2) is 9.44. The molecule has 37 heavy (non-hydrogen) atoms. The molecule has 190 valence electrons. The Balaban J connectivity index is 1.21. The third-order valence-corrected chi connectivity index (χ3v) is 7.51. The number of aromatic nitrogens is 3. The highest BCUT2D eigenvalue weighted by Gasteiger charge is 2.45. The summed E-state index contributed by atoms with van der Waals surface area (Å²) in [5.74, 6) is 1.31. The van der Waals surface area contributed by atoms with E-state index in [0.717, 1.165) is 24.2 Å². The predicted molar refractivity (Wildman–Crippen MR) is 138 cm³/mol. The Labute approximate surface area is 226 Å². The van der Waals surface area contributed by atoms with E-state index in [4.69, 9.17) is 44.1 Å². The number of β-amino-alcohol motifs (C(OH)–C–C–N with tert-alkyl or cyclic N) is 1. The normalized spacial score (nSPS) is 16.5. The lowest BCUT2D eigenvalue weighted by Crippen LogP contribution is -2.60. The van der Waals surface area contributed by atoms with E-state index in [1.54, 1.807) is 23.1 Å². The summed E-state index contributed by atoms with van der Waals surface area (Å²) in [6, 6.07) is 7.97. The van der Waals surface area contributed by atoms with Crippen molar-refractivity contribution < 1.29 is 18.8 Å². The second-order valence-corrected chi connectivity index (χ2v) is 10.5. The van der Waals surface area contributed by atoms with Crippen LogP contribution in [0.4, 0.5) is 10.2 Å². The van der Waals surface area contributed by atoms with Crippen LogP contribution < -0.4 is 9.64 Å². The fraction of sp³-hybridized carbons (Fsp3) is 0.269. The van der Waals surface area contributed by atoms with Gasteiger partial charge in [0.15, 0.2) is 11.6 Å². The smallest absolute Gasteiger partial charge is 0.165 e. The number of hydrogen-bond acceptors (Lipinski definition) is 7. The maximum Gasteiger partial charge on any atom is 0.165 e. The Morgan fingerprint density at radius 2 is 1.86 bits per heavy atom. The lowest BCUT2D eigenvalue weighted by atomic mass is 9.86. The van der Waals surface area contributed by atoms with Crippen molar-refractivity contribution in [1.29, 1.82) is 0 Å². The Morgan fingerprint density at radius 3 is 2.54 bits per heavy atom. The van der Waals surface area contributed by atoms with Crippen LogP contribution >= 0.6 is 34.8 Å². The summed E-state index contributed by atoms with van der Waals surface area (Å²) in [5, 5.41) is 16.4. The zero-order chi connectivity index (χ0) is 25.7. The molecule has 1 saturated heterocycles. The van der Waals surface area contributed by atoms with Gasteiger partial charge >= 0.3 is 0 Å². The molecule has 0 radical (unpaired) electrons. The van der Waals surface area contributed by atoms with Crippen molar-refractivity contribution in [3.05, 3.63) is 86.7 Å². The molecule has 11 heteroatoms. The monoisotopic (exact) mass is 560 g/mol. The number of anilines is 1. The van der Waals surface area contributed by atoms with Gasteiger partial charge in [-0.15, -0.1) is 0 Å². The van der Waals surface area contributed by atoms with Crippen molar-refractivity contribution in [3.8, 4) is 17.0 Å². The lowest BCUT2D eigenvalue weighted by molar-refractivity contribution is 0.00672. The Kier molecular flexibility index (Phi) is 6.23. The highest BCUT2D eigenvalue weighted by molar-refractivity contribution is 6.38. The number of rotatable bonds is 7. The van der Waals surface area contributed by atoms with Crippen LogP contribution in [0.1, 0.15) is 35.6 Å². The Hall–Kier alpha value is -2.91. The van der Waals surface area contributed by atoms with Crippen molar-refractivity contribution in [2.24, 2.45) is 0 Å². The molecule has 2 aliphatic rings. The van der Waals surface area contributed by atoms with E-state index in [1.165, 1.54) is 30.7 Å². The number of benzene rings is 1. The van der Waals surface area contributed by atoms with Crippen LogP contribution in [0.2, 0.25) is 15.1 Å². The zero-order valence-corrected chi connectivity index (χ0v) is 21.6. The van der Waals surface area contributed by atoms with Gasteiger partial charge in [0.05, 0.1) is 33.7 Å². The zero-order valence-electron chi connectivity index (χ0n) is 19.3. The Bertz CT molecular complexity index is 1470. The second-order valence-electron chi connectivity index (χ2n) is 9.25. The van der Waals surface area contributed by atoms with Crippen LogP contribution in [-0.2, 0) is 12.2 Å². The molecule has 1 saturated carbocycles. The third-order valence-electron chi connectivity index (χ3n) is 6.63. The molecule has 0 atom stereocenters. The van der Waals surface area contributed by atoms with Gasteiger partial charge in [-0.3, -0.25) is 4.98 Å². The van der Waals surface area contributed by atoms with Crippen LogP contribution in [0.3, 0.4) is 0 Å². The lowest BCUT2D eigenvalue weighted by Gasteiger charge is -2.47. The van der Waals surface area contributed by atoms with Crippen LogP contribution in [0, 0.1) is 5.82 Å². The molecular formula is C26H20Cl3FN4O3. The average Bonchev–Trinajstić information content (AvgIpc) is 3.61. The molecule has 0 amide bonds. The van der Waals surface area contributed by atoms with E-state index in [9.17, 15) is 9.50 Å². The van der Waals surface area contributed by atoms with Crippen molar-refractivity contribution in [2.45, 2.75) is 31.0 Å². The molecule has 1 aliphatic carbocycles. The molecular weight excluding hydrogens is 542 g/mol. The number of halogens is 4. The average molecular weight is 562 g/mol. The fourth-order valence-corrected chi connectivity index (χ4v) is 5.49. The van der Waals surface area contributed by atoms with Gasteiger partial charge in [-0.2, -0.15) is 0 Å². The van der Waals surface area contributed by atoms with Gasteiger partial charge in [-0.1, -0.05) is 46.0 Å². The van der Waals surface area contributed by atoms with Crippen LogP contribution in [0.25, 0.3) is 11.3 Å². The summed E-state index contributed by atoms with van der Waals surface area (Å²) in [6.45, 7) is 0.499. The summed E-state index contributed by atoms with van der Waals surface area (Å²) >= 11 is 19.3. The van der Waals surface area contributed by atoms with Gasteiger partial charge in [-0.25, -0.2) is 9.37 Å². The summed E-state index contributed by atoms with van der Waals surface area (Å²) < 4.78 is 25.8. The number of nitrogens with zero attached hydrogens (tertiary/aromatic N) is 4. The molecule has 1 N–H and O–H groups in total. The van der Waals surface area contributed by atoms with E-state index in [1.807, 2.05) is 0 Å². The number of pyridine rings is 2. The summed E-state index contributed by atoms with van der Waals surface area (Å²) in [6.07, 6.45) is 6.55. The first-order valence-electron chi connectivity index (χ1n) is 11.6. The Morgan fingerprint density at radius 1 is 1.11 bits per heavy atom. The minimum absolute atomic E-state index is 0.159. The fourth-order valence-electron chi connectivity index (χ4n) is 4.60. The van der Waals surface area contributed by atoms with Gasteiger partial charge in [0.25, 0.3) is 0 Å². The van der Waals surface area contributed by atoms with Gasteiger partial charge < -0.3 is 19.3 Å². The molecule has 7 nitrogen and oxygen atoms in total. The molecule has 0 bridgehead atoms. The van der Waals surface area contributed by atoms with Crippen molar-refractivity contribution in [1.82, 2.24) is 15.1 Å². The SMILES string of the molecule is OC1(c2ccc(OCc3c(-c4c(Cl)cncc4Cl)noc3C3CC3)cc2Cl)CN(c2ncccc2F)C1. The summed E-state index contributed by atoms with van der Waals surface area (Å²) in [5.41, 5.74) is 1.14. The summed E-state index contributed by atoms with van der Waals surface area (Å²) in [4.78, 5) is 9.74. The third kappa shape index (κ3) is 4.52. The van der Waals surface area contributed by atoms with E-state index in [0.29, 0.717) is 37.6 Å². The molecule has 6 rings (SSSR count). The van der Waals surface area contributed by atoms with E-state index >= 15 is 0 Å². The molecule has 4 aromatic rings. The molecule has 0 spiro atoms. The number of hydrogen-bond donors (Lipinski definition) is 1. The van der Waals surface area contributed by atoms with Crippen LogP contribution in [-0.4, -0.2) is 33.3 Å². The molecule has 2 fully saturated rings.